The second kappa shape index (κ2) is 11.4. The SMILES string of the molecule is CC(C)C(N)C(=O)NC(CCCCN)C(=O)NC(CC(N)=O)C(=O)O. The molecule has 0 aromatic heterocycles. The molecule has 0 radical (unpaired) electrons. The minimum Gasteiger partial charge on any atom is -0.480 e. The summed E-state index contributed by atoms with van der Waals surface area (Å²) in [5, 5.41) is 13.8. The average Bonchev–Trinajstić information content (AvgIpc) is 2.51. The van der Waals surface area contributed by atoms with Gasteiger partial charge in [-0.25, -0.2) is 4.79 Å². The Labute approximate surface area is 146 Å². The molecule has 3 amide bonds. The lowest BCUT2D eigenvalue weighted by atomic mass is 10.0. The maximum absolute atomic E-state index is 12.3. The molecule has 25 heavy (non-hydrogen) atoms. The van der Waals surface area contributed by atoms with Crippen molar-refractivity contribution >= 4 is 23.7 Å². The highest BCUT2D eigenvalue weighted by Gasteiger charge is 2.29. The standard InChI is InChI=1S/C15H29N5O5/c1-8(2)12(18)14(23)19-9(5-3-4-6-16)13(22)20-10(15(24)25)7-11(17)21/h8-10,12H,3-7,16,18H2,1-2H3,(H2,17,21)(H,19,23)(H,20,22)(H,24,25). The Bertz CT molecular complexity index is 483. The first kappa shape index (κ1) is 22.8. The Morgan fingerprint density at radius 1 is 1.00 bits per heavy atom. The molecule has 0 bridgehead atoms. The first-order chi connectivity index (χ1) is 11.6. The van der Waals surface area contributed by atoms with Gasteiger partial charge in [-0.05, 0) is 31.7 Å². The van der Waals surface area contributed by atoms with Crippen molar-refractivity contribution in [3.05, 3.63) is 0 Å². The summed E-state index contributed by atoms with van der Waals surface area (Å²) in [5.74, 6) is -3.61. The highest BCUT2D eigenvalue weighted by molar-refractivity contribution is 5.93. The number of carboxylic acids is 1. The minimum atomic E-state index is -1.46. The van der Waals surface area contributed by atoms with Gasteiger partial charge >= 0.3 is 5.97 Å². The summed E-state index contributed by atoms with van der Waals surface area (Å²) in [4.78, 5) is 46.5. The molecule has 144 valence electrons. The Kier molecular flexibility index (Phi) is 10.4. The number of carbonyl (C=O) groups is 4. The fourth-order valence-corrected chi connectivity index (χ4v) is 2.01. The molecule has 0 heterocycles. The molecule has 0 saturated heterocycles. The van der Waals surface area contributed by atoms with Crippen LogP contribution in [0.15, 0.2) is 0 Å². The van der Waals surface area contributed by atoms with E-state index < -0.39 is 48.2 Å². The molecule has 0 aliphatic heterocycles. The number of nitrogens with one attached hydrogen (secondary N) is 2. The topological polar surface area (TPSA) is 191 Å². The van der Waals surface area contributed by atoms with Gasteiger partial charge in [-0.3, -0.25) is 14.4 Å². The molecular formula is C15H29N5O5. The van der Waals surface area contributed by atoms with Gasteiger partial charge in [0.1, 0.15) is 12.1 Å². The fraction of sp³-hybridized carbons (Fsp3) is 0.733. The van der Waals surface area contributed by atoms with Crippen LogP contribution in [-0.2, 0) is 19.2 Å². The monoisotopic (exact) mass is 359 g/mol. The van der Waals surface area contributed by atoms with Crippen LogP contribution in [0.3, 0.4) is 0 Å². The third-order valence-electron chi connectivity index (χ3n) is 3.62. The fourth-order valence-electron chi connectivity index (χ4n) is 2.01. The zero-order chi connectivity index (χ0) is 19.6. The van der Waals surface area contributed by atoms with Gasteiger partial charge < -0.3 is 32.9 Å². The van der Waals surface area contributed by atoms with E-state index in [0.717, 1.165) is 0 Å². The van der Waals surface area contributed by atoms with Crippen molar-refractivity contribution < 1.29 is 24.3 Å². The van der Waals surface area contributed by atoms with Crippen LogP contribution in [0.25, 0.3) is 0 Å². The van der Waals surface area contributed by atoms with E-state index in [0.29, 0.717) is 19.4 Å². The highest BCUT2D eigenvalue weighted by atomic mass is 16.4. The molecule has 3 atom stereocenters. The second-order valence-corrected chi connectivity index (χ2v) is 6.19. The number of amides is 3. The molecule has 0 fully saturated rings. The van der Waals surface area contributed by atoms with Crippen LogP contribution in [0.2, 0.25) is 0 Å². The number of carbonyl (C=O) groups excluding carboxylic acids is 3. The molecule has 0 aliphatic rings. The number of hydrogen-bond donors (Lipinski definition) is 6. The first-order valence-electron chi connectivity index (χ1n) is 8.17. The lowest BCUT2D eigenvalue weighted by Gasteiger charge is -2.23. The second-order valence-electron chi connectivity index (χ2n) is 6.19. The first-order valence-corrected chi connectivity index (χ1v) is 8.17. The summed E-state index contributed by atoms with van der Waals surface area (Å²) in [7, 11) is 0. The largest absolute Gasteiger partial charge is 0.480 e. The summed E-state index contributed by atoms with van der Waals surface area (Å²) in [5.41, 5.74) is 16.2. The maximum atomic E-state index is 12.3. The van der Waals surface area contributed by atoms with Crippen LogP contribution >= 0.6 is 0 Å². The quantitative estimate of drug-likeness (QED) is 0.218. The Morgan fingerprint density at radius 3 is 2.00 bits per heavy atom. The van der Waals surface area contributed by atoms with Crippen LogP contribution in [-0.4, -0.2) is 53.5 Å². The smallest absolute Gasteiger partial charge is 0.326 e. The van der Waals surface area contributed by atoms with Gasteiger partial charge in [0.25, 0.3) is 0 Å². The zero-order valence-electron chi connectivity index (χ0n) is 14.7. The van der Waals surface area contributed by atoms with Crippen molar-refractivity contribution in [1.29, 1.82) is 0 Å². The van der Waals surface area contributed by atoms with Gasteiger partial charge in [0.15, 0.2) is 0 Å². The van der Waals surface area contributed by atoms with Gasteiger partial charge in [-0.2, -0.15) is 0 Å². The maximum Gasteiger partial charge on any atom is 0.326 e. The molecule has 0 aliphatic carbocycles. The molecule has 0 rings (SSSR count). The van der Waals surface area contributed by atoms with E-state index in [-0.39, 0.29) is 12.3 Å². The van der Waals surface area contributed by atoms with Crippen molar-refractivity contribution in [3.8, 4) is 0 Å². The number of carboxylic acid groups (broad SMARTS) is 1. The Morgan fingerprint density at radius 2 is 1.56 bits per heavy atom. The van der Waals surface area contributed by atoms with Crippen molar-refractivity contribution in [2.24, 2.45) is 23.1 Å². The molecule has 10 heteroatoms. The lowest BCUT2D eigenvalue weighted by Crippen LogP contribution is -2.55. The Balaban J connectivity index is 5.04. The van der Waals surface area contributed by atoms with Crippen molar-refractivity contribution in [3.63, 3.8) is 0 Å². The van der Waals surface area contributed by atoms with Crippen molar-refractivity contribution in [2.75, 3.05) is 6.54 Å². The van der Waals surface area contributed by atoms with Crippen molar-refractivity contribution in [2.45, 2.75) is 57.7 Å². The molecule has 0 aromatic rings. The van der Waals surface area contributed by atoms with Crippen LogP contribution < -0.4 is 27.8 Å². The van der Waals surface area contributed by atoms with E-state index in [1.807, 2.05) is 0 Å². The number of nitrogens with two attached hydrogens (primary N) is 3. The van der Waals surface area contributed by atoms with E-state index >= 15 is 0 Å². The summed E-state index contributed by atoms with van der Waals surface area (Å²) in [6, 6.07) is -3.23. The van der Waals surface area contributed by atoms with Crippen LogP contribution in [0.4, 0.5) is 0 Å². The highest BCUT2D eigenvalue weighted by Crippen LogP contribution is 2.05. The summed E-state index contributed by atoms with van der Waals surface area (Å²) in [6.07, 6.45) is 0.914. The number of rotatable bonds is 12. The molecule has 0 aromatic carbocycles. The van der Waals surface area contributed by atoms with E-state index in [1.165, 1.54) is 0 Å². The van der Waals surface area contributed by atoms with Crippen molar-refractivity contribution in [1.82, 2.24) is 10.6 Å². The summed E-state index contributed by atoms with van der Waals surface area (Å²) in [6.45, 7) is 3.95. The molecule has 0 spiro atoms. The molecule has 0 saturated carbocycles. The summed E-state index contributed by atoms with van der Waals surface area (Å²) < 4.78 is 0. The van der Waals surface area contributed by atoms with Gasteiger partial charge in [0.05, 0.1) is 12.5 Å². The molecular weight excluding hydrogens is 330 g/mol. The number of unbranched alkanes of at least 4 members (excludes halogenated alkanes) is 1. The van der Waals surface area contributed by atoms with E-state index in [2.05, 4.69) is 10.6 Å². The van der Waals surface area contributed by atoms with Gasteiger partial charge in [0, 0.05) is 0 Å². The predicted octanol–water partition coefficient (Wildman–Crippen LogP) is -1.97. The number of hydrogen-bond acceptors (Lipinski definition) is 6. The van der Waals surface area contributed by atoms with Gasteiger partial charge in [-0.15, -0.1) is 0 Å². The summed E-state index contributed by atoms with van der Waals surface area (Å²) >= 11 is 0. The van der Waals surface area contributed by atoms with Crippen LogP contribution in [0.5, 0.6) is 0 Å². The predicted molar refractivity (Wildman–Crippen MR) is 91.0 cm³/mol. The Hall–Kier alpha value is -2.20. The average molecular weight is 359 g/mol. The molecule has 3 unspecified atom stereocenters. The lowest BCUT2D eigenvalue weighted by molar-refractivity contribution is -0.143. The van der Waals surface area contributed by atoms with Gasteiger partial charge in [-0.1, -0.05) is 13.8 Å². The van der Waals surface area contributed by atoms with Crippen LogP contribution in [0.1, 0.15) is 39.5 Å². The normalized spacial score (nSPS) is 14.4. The molecule has 10 nitrogen and oxygen atoms in total. The zero-order valence-corrected chi connectivity index (χ0v) is 14.7. The minimum absolute atomic E-state index is 0.130. The van der Waals surface area contributed by atoms with E-state index in [1.54, 1.807) is 13.8 Å². The molecule has 9 N–H and O–H groups in total. The van der Waals surface area contributed by atoms with Gasteiger partial charge in [0.2, 0.25) is 17.7 Å². The number of aliphatic carboxylic acids is 1. The third-order valence-corrected chi connectivity index (χ3v) is 3.62. The van der Waals surface area contributed by atoms with E-state index in [4.69, 9.17) is 22.3 Å². The third kappa shape index (κ3) is 9.01. The van der Waals surface area contributed by atoms with E-state index in [9.17, 15) is 19.2 Å². The number of primary amides is 1. The van der Waals surface area contributed by atoms with Crippen LogP contribution in [0, 0.1) is 5.92 Å².